The van der Waals surface area contributed by atoms with Gasteiger partial charge in [-0.25, -0.2) is 0 Å². The molecule has 0 saturated heterocycles. The Morgan fingerprint density at radius 3 is 2.10 bits per heavy atom. The van der Waals surface area contributed by atoms with Crippen LogP contribution in [-0.4, -0.2) is 5.78 Å². The maximum absolute atomic E-state index is 13.0. The van der Waals surface area contributed by atoms with Crippen LogP contribution in [0.3, 0.4) is 0 Å². The molecule has 0 spiro atoms. The molecule has 0 aliphatic carbocycles. The van der Waals surface area contributed by atoms with E-state index in [0.717, 1.165) is 27.7 Å². The van der Waals surface area contributed by atoms with Crippen LogP contribution >= 0.6 is 0 Å². The monoisotopic (exact) mass is 374 g/mol. The number of fused-ring (bicyclic) bond motifs is 2. The van der Waals surface area contributed by atoms with Crippen LogP contribution in [0, 0.1) is 0 Å². The summed E-state index contributed by atoms with van der Waals surface area (Å²) in [6.07, 6.45) is 0. The number of carbonyl (C=O) groups is 1. The first-order valence-corrected chi connectivity index (χ1v) is 9.79. The van der Waals surface area contributed by atoms with Gasteiger partial charge in [-0.2, -0.15) is 4.57 Å². The van der Waals surface area contributed by atoms with Crippen LogP contribution in [0.1, 0.15) is 10.4 Å². The SMILES string of the molecule is O=C(C[n+]1c(-c2ccc3ccccc3c2)ccc2ccccc21)c1ccccc1. The molecule has 5 rings (SSSR count). The van der Waals surface area contributed by atoms with E-state index in [1.54, 1.807) is 0 Å². The summed E-state index contributed by atoms with van der Waals surface area (Å²) in [7, 11) is 0. The highest BCUT2D eigenvalue weighted by atomic mass is 16.1. The molecule has 4 aromatic carbocycles. The van der Waals surface area contributed by atoms with Crippen LogP contribution in [0.15, 0.2) is 109 Å². The minimum absolute atomic E-state index is 0.106. The minimum Gasteiger partial charge on any atom is -0.287 e. The third-order valence-electron chi connectivity index (χ3n) is 5.38. The zero-order valence-electron chi connectivity index (χ0n) is 16.0. The largest absolute Gasteiger partial charge is 0.287 e. The molecule has 0 N–H and O–H groups in total. The van der Waals surface area contributed by atoms with Gasteiger partial charge in [-0.15, -0.1) is 0 Å². The normalized spacial score (nSPS) is 11.0. The number of rotatable bonds is 4. The van der Waals surface area contributed by atoms with Gasteiger partial charge < -0.3 is 0 Å². The predicted molar refractivity (Wildman–Crippen MR) is 118 cm³/mol. The summed E-state index contributed by atoms with van der Waals surface area (Å²) in [4.78, 5) is 13.0. The minimum atomic E-state index is 0.106. The molecule has 0 amide bonds. The second-order valence-electron chi connectivity index (χ2n) is 7.21. The lowest BCUT2D eigenvalue weighted by Crippen LogP contribution is -2.41. The molecule has 1 heterocycles. The van der Waals surface area contributed by atoms with E-state index >= 15 is 0 Å². The number of para-hydroxylation sites is 1. The average Bonchev–Trinajstić information content (AvgIpc) is 2.79. The topological polar surface area (TPSA) is 20.9 Å². The van der Waals surface area contributed by atoms with Crippen molar-refractivity contribution in [2.45, 2.75) is 6.54 Å². The highest BCUT2D eigenvalue weighted by molar-refractivity contribution is 5.95. The number of benzene rings is 4. The maximum Gasteiger partial charge on any atom is 0.227 e. The summed E-state index contributed by atoms with van der Waals surface area (Å²) in [5, 5.41) is 3.53. The number of aromatic nitrogens is 1. The van der Waals surface area contributed by atoms with Gasteiger partial charge in [-0.3, -0.25) is 4.79 Å². The highest BCUT2D eigenvalue weighted by Crippen LogP contribution is 2.24. The van der Waals surface area contributed by atoms with Gasteiger partial charge in [-0.05, 0) is 35.0 Å². The van der Waals surface area contributed by atoms with E-state index < -0.39 is 0 Å². The van der Waals surface area contributed by atoms with Crippen molar-refractivity contribution in [2.24, 2.45) is 0 Å². The molecule has 5 aromatic rings. The second-order valence-corrected chi connectivity index (χ2v) is 7.21. The lowest BCUT2D eigenvalue weighted by Gasteiger charge is -2.09. The fourth-order valence-electron chi connectivity index (χ4n) is 3.89. The van der Waals surface area contributed by atoms with Crippen molar-refractivity contribution in [1.29, 1.82) is 0 Å². The molecular formula is C27H20NO+. The van der Waals surface area contributed by atoms with E-state index in [9.17, 15) is 4.79 Å². The molecule has 0 aliphatic rings. The number of pyridine rings is 1. The Hall–Kier alpha value is -3.78. The maximum atomic E-state index is 13.0. The van der Waals surface area contributed by atoms with E-state index in [1.807, 2.05) is 42.5 Å². The quantitative estimate of drug-likeness (QED) is 0.286. The third-order valence-corrected chi connectivity index (χ3v) is 5.38. The van der Waals surface area contributed by atoms with Crippen LogP contribution in [0.25, 0.3) is 32.9 Å². The van der Waals surface area contributed by atoms with Gasteiger partial charge in [-0.1, -0.05) is 72.8 Å². The Labute approximate surface area is 169 Å². The van der Waals surface area contributed by atoms with Crippen LogP contribution in [-0.2, 0) is 6.54 Å². The summed E-state index contributed by atoms with van der Waals surface area (Å²) in [5.74, 6) is 0.106. The first-order valence-electron chi connectivity index (χ1n) is 9.79. The fourth-order valence-corrected chi connectivity index (χ4v) is 3.89. The fraction of sp³-hybridized carbons (Fsp3) is 0.0370. The molecule has 1 aromatic heterocycles. The smallest absolute Gasteiger partial charge is 0.227 e. The number of carbonyl (C=O) groups excluding carboxylic acids is 1. The third kappa shape index (κ3) is 3.30. The predicted octanol–water partition coefficient (Wildman–Crippen LogP) is 5.83. The van der Waals surface area contributed by atoms with E-state index in [4.69, 9.17) is 0 Å². The van der Waals surface area contributed by atoms with Crippen molar-refractivity contribution >= 4 is 27.5 Å². The number of nitrogens with zero attached hydrogens (tertiary/aromatic N) is 1. The van der Waals surface area contributed by atoms with E-state index in [0.29, 0.717) is 6.54 Å². The van der Waals surface area contributed by atoms with Crippen molar-refractivity contribution in [3.63, 3.8) is 0 Å². The Morgan fingerprint density at radius 1 is 0.621 bits per heavy atom. The lowest BCUT2D eigenvalue weighted by atomic mass is 10.0. The van der Waals surface area contributed by atoms with E-state index in [2.05, 4.69) is 71.3 Å². The van der Waals surface area contributed by atoms with E-state index in [-0.39, 0.29) is 5.78 Å². The van der Waals surface area contributed by atoms with Crippen LogP contribution in [0.5, 0.6) is 0 Å². The molecule has 0 unspecified atom stereocenters. The number of hydrogen-bond donors (Lipinski definition) is 0. The first-order chi connectivity index (χ1) is 14.3. The van der Waals surface area contributed by atoms with Crippen molar-refractivity contribution in [1.82, 2.24) is 0 Å². The first kappa shape index (κ1) is 17.3. The Bertz CT molecular complexity index is 1340. The van der Waals surface area contributed by atoms with Gasteiger partial charge in [0.1, 0.15) is 0 Å². The molecule has 0 fully saturated rings. The number of Topliss-reactive ketones (excluding diaryl/α,β-unsaturated/α-hetero) is 1. The summed E-state index contributed by atoms with van der Waals surface area (Å²) < 4.78 is 2.13. The Morgan fingerprint density at radius 2 is 1.28 bits per heavy atom. The molecule has 0 radical (unpaired) electrons. The standard InChI is InChI=1S/C27H20NO/c29-27(22-10-2-1-3-11-22)19-28-25-13-7-6-9-21(25)16-17-26(28)24-15-14-20-8-4-5-12-23(20)18-24/h1-18H,19H2/q+1. The van der Waals surface area contributed by atoms with Gasteiger partial charge in [0.05, 0.1) is 0 Å². The Balaban J connectivity index is 1.68. The van der Waals surface area contributed by atoms with Crippen molar-refractivity contribution in [3.05, 3.63) is 115 Å². The van der Waals surface area contributed by atoms with Crippen molar-refractivity contribution < 1.29 is 9.36 Å². The van der Waals surface area contributed by atoms with Gasteiger partial charge in [0.15, 0.2) is 0 Å². The summed E-state index contributed by atoms with van der Waals surface area (Å²) in [6.45, 7) is 0.299. The molecule has 0 bridgehead atoms. The molecule has 0 aliphatic heterocycles. The average molecular weight is 374 g/mol. The van der Waals surface area contributed by atoms with E-state index in [1.165, 1.54) is 10.8 Å². The summed E-state index contributed by atoms with van der Waals surface area (Å²) in [5.41, 5.74) is 3.94. The van der Waals surface area contributed by atoms with Gasteiger partial charge in [0, 0.05) is 28.6 Å². The summed E-state index contributed by atoms with van der Waals surface area (Å²) >= 11 is 0. The molecule has 2 nitrogen and oxygen atoms in total. The van der Waals surface area contributed by atoms with Crippen LogP contribution in [0.2, 0.25) is 0 Å². The van der Waals surface area contributed by atoms with Gasteiger partial charge >= 0.3 is 0 Å². The highest BCUT2D eigenvalue weighted by Gasteiger charge is 2.21. The molecule has 0 saturated carbocycles. The van der Waals surface area contributed by atoms with Crippen LogP contribution in [0.4, 0.5) is 0 Å². The molecule has 138 valence electrons. The van der Waals surface area contributed by atoms with Gasteiger partial charge in [0.25, 0.3) is 0 Å². The molecule has 0 atom stereocenters. The Kier molecular flexibility index (Phi) is 4.38. The molecule has 2 heteroatoms. The lowest BCUT2D eigenvalue weighted by molar-refractivity contribution is -0.646. The summed E-state index contributed by atoms with van der Waals surface area (Å²) in [6, 6.07) is 36.8. The number of ketones is 1. The zero-order valence-corrected chi connectivity index (χ0v) is 16.0. The molecular weight excluding hydrogens is 354 g/mol. The zero-order chi connectivity index (χ0) is 19.6. The van der Waals surface area contributed by atoms with Crippen molar-refractivity contribution in [2.75, 3.05) is 0 Å². The van der Waals surface area contributed by atoms with Crippen LogP contribution < -0.4 is 4.57 Å². The van der Waals surface area contributed by atoms with Crippen molar-refractivity contribution in [3.8, 4) is 11.3 Å². The second kappa shape index (κ2) is 7.33. The number of hydrogen-bond acceptors (Lipinski definition) is 1. The van der Waals surface area contributed by atoms with Gasteiger partial charge in [0.2, 0.25) is 23.5 Å². The molecule has 29 heavy (non-hydrogen) atoms.